The van der Waals surface area contributed by atoms with E-state index in [9.17, 15) is 0 Å². The van der Waals surface area contributed by atoms with Crippen LogP contribution in [-0.2, 0) is 4.74 Å². The number of hydrogen-bond donors (Lipinski definition) is 1. The van der Waals surface area contributed by atoms with Gasteiger partial charge in [0.05, 0.1) is 12.7 Å². The minimum absolute atomic E-state index is 0.265. The van der Waals surface area contributed by atoms with E-state index in [2.05, 4.69) is 24.3 Å². The molecular formula is C12H16O2. The molecule has 0 amide bonds. The number of ether oxygens (including phenoxy) is 1. The molecule has 2 atom stereocenters. The Hall–Kier alpha value is -0.860. The zero-order valence-corrected chi connectivity index (χ0v) is 8.23. The van der Waals surface area contributed by atoms with Gasteiger partial charge >= 0.3 is 0 Å². The van der Waals surface area contributed by atoms with Gasteiger partial charge in [0.15, 0.2) is 0 Å². The van der Waals surface area contributed by atoms with Crippen LogP contribution in [0.5, 0.6) is 0 Å². The fourth-order valence-corrected chi connectivity index (χ4v) is 1.92. The molecule has 1 aromatic rings. The maximum atomic E-state index is 8.74. The summed E-state index contributed by atoms with van der Waals surface area (Å²) in [5.74, 6) is 0.544. The van der Waals surface area contributed by atoms with Crippen molar-refractivity contribution < 1.29 is 9.84 Å². The number of benzene rings is 1. The van der Waals surface area contributed by atoms with E-state index in [0.717, 1.165) is 19.4 Å². The van der Waals surface area contributed by atoms with Crippen molar-refractivity contribution in [2.45, 2.75) is 24.9 Å². The van der Waals surface area contributed by atoms with E-state index in [0.29, 0.717) is 12.0 Å². The maximum Gasteiger partial charge on any atom is 0.0666 e. The maximum absolute atomic E-state index is 8.74. The molecule has 2 heteroatoms. The number of hydrogen-bond acceptors (Lipinski definition) is 2. The SMILES string of the molecule is OCCCC1OCC1c1ccccc1. The van der Waals surface area contributed by atoms with Crippen LogP contribution in [0.1, 0.15) is 24.3 Å². The fraction of sp³-hybridized carbons (Fsp3) is 0.500. The Morgan fingerprint density at radius 2 is 2.07 bits per heavy atom. The highest BCUT2D eigenvalue weighted by Gasteiger charge is 2.32. The van der Waals surface area contributed by atoms with E-state index in [4.69, 9.17) is 9.84 Å². The first-order valence-corrected chi connectivity index (χ1v) is 5.19. The first-order chi connectivity index (χ1) is 6.92. The standard InChI is InChI=1S/C12H16O2/c13-8-4-7-12-11(9-14-12)10-5-2-1-3-6-10/h1-3,5-6,11-13H,4,7-9H2. The third kappa shape index (κ3) is 1.97. The van der Waals surface area contributed by atoms with Crippen LogP contribution in [0.3, 0.4) is 0 Å². The summed E-state index contributed by atoms with van der Waals surface area (Å²) in [5.41, 5.74) is 1.36. The van der Waals surface area contributed by atoms with Crippen molar-refractivity contribution in [1.82, 2.24) is 0 Å². The topological polar surface area (TPSA) is 29.5 Å². The van der Waals surface area contributed by atoms with Crippen LogP contribution in [0, 0.1) is 0 Å². The highest BCUT2D eigenvalue weighted by molar-refractivity contribution is 5.22. The lowest BCUT2D eigenvalue weighted by molar-refractivity contribution is -0.0826. The molecular weight excluding hydrogens is 176 g/mol. The molecule has 0 spiro atoms. The minimum Gasteiger partial charge on any atom is -0.396 e. The summed E-state index contributed by atoms with van der Waals surface area (Å²) in [6.07, 6.45) is 2.13. The van der Waals surface area contributed by atoms with E-state index in [-0.39, 0.29) is 6.61 Å². The van der Waals surface area contributed by atoms with Crippen molar-refractivity contribution in [1.29, 1.82) is 0 Å². The second kappa shape index (κ2) is 4.58. The summed E-state index contributed by atoms with van der Waals surface area (Å²) < 4.78 is 5.49. The van der Waals surface area contributed by atoms with Gasteiger partial charge in [-0.3, -0.25) is 0 Å². The molecule has 76 valence electrons. The largest absolute Gasteiger partial charge is 0.396 e. The lowest BCUT2D eigenvalue weighted by Gasteiger charge is -2.37. The van der Waals surface area contributed by atoms with Crippen molar-refractivity contribution in [2.75, 3.05) is 13.2 Å². The summed E-state index contributed by atoms with van der Waals surface area (Å²) in [4.78, 5) is 0. The molecule has 2 nitrogen and oxygen atoms in total. The van der Waals surface area contributed by atoms with Crippen molar-refractivity contribution in [3.8, 4) is 0 Å². The zero-order chi connectivity index (χ0) is 9.80. The van der Waals surface area contributed by atoms with Gasteiger partial charge in [-0.15, -0.1) is 0 Å². The van der Waals surface area contributed by atoms with Crippen LogP contribution < -0.4 is 0 Å². The van der Waals surface area contributed by atoms with Crippen LogP contribution in [0.4, 0.5) is 0 Å². The normalized spacial score (nSPS) is 25.8. The molecule has 0 aliphatic carbocycles. The minimum atomic E-state index is 0.265. The van der Waals surface area contributed by atoms with Crippen molar-refractivity contribution in [3.05, 3.63) is 35.9 Å². The van der Waals surface area contributed by atoms with Crippen molar-refractivity contribution >= 4 is 0 Å². The van der Waals surface area contributed by atoms with Crippen LogP contribution in [0.2, 0.25) is 0 Å². The van der Waals surface area contributed by atoms with Crippen LogP contribution in [0.15, 0.2) is 30.3 Å². The smallest absolute Gasteiger partial charge is 0.0666 e. The molecule has 1 heterocycles. The molecule has 2 rings (SSSR count). The van der Waals surface area contributed by atoms with Gasteiger partial charge in [-0.05, 0) is 18.4 Å². The molecule has 1 saturated heterocycles. The molecule has 1 aliphatic rings. The number of rotatable bonds is 4. The monoisotopic (exact) mass is 192 g/mol. The summed E-state index contributed by atoms with van der Waals surface area (Å²) in [6, 6.07) is 10.5. The lowest BCUT2D eigenvalue weighted by atomic mass is 9.87. The predicted molar refractivity (Wildman–Crippen MR) is 55.2 cm³/mol. The highest BCUT2D eigenvalue weighted by atomic mass is 16.5. The summed E-state index contributed by atoms with van der Waals surface area (Å²) in [5, 5.41) is 8.74. The summed E-state index contributed by atoms with van der Waals surface area (Å²) in [6.45, 7) is 1.10. The van der Waals surface area contributed by atoms with Gasteiger partial charge in [0, 0.05) is 12.5 Å². The Morgan fingerprint density at radius 3 is 2.64 bits per heavy atom. The van der Waals surface area contributed by atoms with Crippen LogP contribution >= 0.6 is 0 Å². The lowest BCUT2D eigenvalue weighted by Crippen LogP contribution is -2.37. The van der Waals surface area contributed by atoms with Gasteiger partial charge < -0.3 is 9.84 Å². The average molecular weight is 192 g/mol. The quantitative estimate of drug-likeness (QED) is 0.790. The Labute approximate surface area is 84.5 Å². The highest BCUT2D eigenvalue weighted by Crippen LogP contribution is 2.33. The molecule has 1 aliphatic heterocycles. The predicted octanol–water partition coefficient (Wildman–Crippen LogP) is 1.94. The van der Waals surface area contributed by atoms with Crippen molar-refractivity contribution in [3.63, 3.8) is 0 Å². The third-order valence-electron chi connectivity index (χ3n) is 2.81. The Bertz CT molecular complexity index is 271. The number of aliphatic hydroxyl groups excluding tert-OH is 1. The molecule has 1 aromatic carbocycles. The van der Waals surface area contributed by atoms with E-state index < -0.39 is 0 Å². The molecule has 0 radical (unpaired) electrons. The van der Waals surface area contributed by atoms with Crippen LogP contribution in [-0.4, -0.2) is 24.4 Å². The molecule has 14 heavy (non-hydrogen) atoms. The molecule has 0 bridgehead atoms. The Balaban J connectivity index is 1.93. The van der Waals surface area contributed by atoms with Gasteiger partial charge in [0.2, 0.25) is 0 Å². The van der Waals surface area contributed by atoms with Gasteiger partial charge in [-0.25, -0.2) is 0 Å². The van der Waals surface area contributed by atoms with Gasteiger partial charge in [-0.2, -0.15) is 0 Å². The fourth-order valence-electron chi connectivity index (χ4n) is 1.92. The second-order valence-electron chi connectivity index (χ2n) is 3.75. The van der Waals surface area contributed by atoms with Crippen LogP contribution in [0.25, 0.3) is 0 Å². The second-order valence-corrected chi connectivity index (χ2v) is 3.75. The van der Waals surface area contributed by atoms with E-state index in [1.807, 2.05) is 6.07 Å². The molecule has 0 aromatic heterocycles. The first kappa shape index (κ1) is 9.69. The molecule has 1 fully saturated rings. The summed E-state index contributed by atoms with van der Waals surface area (Å²) >= 11 is 0. The van der Waals surface area contributed by atoms with Gasteiger partial charge in [-0.1, -0.05) is 30.3 Å². The van der Waals surface area contributed by atoms with E-state index in [1.54, 1.807) is 0 Å². The summed E-state index contributed by atoms with van der Waals surface area (Å²) in [7, 11) is 0. The van der Waals surface area contributed by atoms with E-state index >= 15 is 0 Å². The zero-order valence-electron chi connectivity index (χ0n) is 8.23. The molecule has 1 N–H and O–H groups in total. The Morgan fingerprint density at radius 1 is 1.29 bits per heavy atom. The van der Waals surface area contributed by atoms with Gasteiger partial charge in [0.1, 0.15) is 0 Å². The Kier molecular flexibility index (Phi) is 3.17. The third-order valence-corrected chi connectivity index (χ3v) is 2.81. The molecule has 2 unspecified atom stereocenters. The molecule has 0 saturated carbocycles. The van der Waals surface area contributed by atoms with Crippen molar-refractivity contribution in [2.24, 2.45) is 0 Å². The number of aliphatic hydroxyl groups is 1. The average Bonchev–Trinajstić information content (AvgIpc) is 2.18. The van der Waals surface area contributed by atoms with E-state index in [1.165, 1.54) is 5.56 Å². The van der Waals surface area contributed by atoms with Gasteiger partial charge in [0.25, 0.3) is 0 Å². The first-order valence-electron chi connectivity index (χ1n) is 5.19.